The van der Waals surface area contributed by atoms with Gasteiger partial charge in [-0.1, -0.05) is 13.0 Å². The van der Waals surface area contributed by atoms with Gasteiger partial charge in [-0.2, -0.15) is 0 Å². The third-order valence-corrected chi connectivity index (χ3v) is 2.25. The van der Waals surface area contributed by atoms with E-state index in [-0.39, 0.29) is 5.91 Å². The number of hydrogen-bond donors (Lipinski definition) is 1. The maximum absolute atomic E-state index is 11.0. The SMILES string of the molecule is CCc1nc(NC(C)=O)n2ccccc12. The van der Waals surface area contributed by atoms with Crippen molar-refractivity contribution >= 4 is 17.4 Å². The Morgan fingerprint density at radius 2 is 2.33 bits per heavy atom. The van der Waals surface area contributed by atoms with Crippen molar-refractivity contribution in [3.05, 3.63) is 30.1 Å². The van der Waals surface area contributed by atoms with Gasteiger partial charge >= 0.3 is 0 Å². The van der Waals surface area contributed by atoms with Gasteiger partial charge in [-0.3, -0.25) is 14.5 Å². The molecule has 0 unspecified atom stereocenters. The lowest BCUT2D eigenvalue weighted by Crippen LogP contribution is -2.08. The topological polar surface area (TPSA) is 46.4 Å². The second-order valence-electron chi connectivity index (χ2n) is 3.37. The van der Waals surface area contributed by atoms with Gasteiger partial charge < -0.3 is 0 Å². The van der Waals surface area contributed by atoms with E-state index >= 15 is 0 Å². The maximum atomic E-state index is 11.0. The minimum absolute atomic E-state index is 0.103. The second kappa shape index (κ2) is 3.73. The van der Waals surface area contributed by atoms with Crippen molar-refractivity contribution in [2.45, 2.75) is 20.3 Å². The molecule has 15 heavy (non-hydrogen) atoms. The number of rotatable bonds is 2. The highest BCUT2D eigenvalue weighted by Crippen LogP contribution is 2.16. The Morgan fingerprint density at radius 3 is 3.00 bits per heavy atom. The molecule has 0 aliphatic heterocycles. The Bertz CT molecular complexity index is 502. The van der Waals surface area contributed by atoms with Crippen molar-refractivity contribution in [2.24, 2.45) is 0 Å². The largest absolute Gasteiger partial charge is 0.296 e. The van der Waals surface area contributed by atoms with E-state index in [0.717, 1.165) is 17.6 Å². The van der Waals surface area contributed by atoms with Crippen LogP contribution in [0.3, 0.4) is 0 Å². The van der Waals surface area contributed by atoms with Crippen molar-refractivity contribution < 1.29 is 4.79 Å². The van der Waals surface area contributed by atoms with Crippen LogP contribution in [0.1, 0.15) is 19.5 Å². The number of nitrogens with one attached hydrogen (secondary N) is 1. The summed E-state index contributed by atoms with van der Waals surface area (Å²) in [4.78, 5) is 15.4. The molecule has 1 N–H and O–H groups in total. The molecule has 4 heteroatoms. The standard InChI is InChI=1S/C11H13N3O/c1-3-9-10-6-4-5-7-14(10)11(13-9)12-8(2)15/h4-7H,3H2,1-2H3,(H,12,13,15). The van der Waals surface area contributed by atoms with E-state index in [1.807, 2.05) is 35.7 Å². The summed E-state index contributed by atoms with van der Waals surface area (Å²) >= 11 is 0. The van der Waals surface area contributed by atoms with E-state index in [1.54, 1.807) is 0 Å². The van der Waals surface area contributed by atoms with Gasteiger partial charge in [0.15, 0.2) is 0 Å². The van der Waals surface area contributed by atoms with E-state index < -0.39 is 0 Å². The number of pyridine rings is 1. The summed E-state index contributed by atoms with van der Waals surface area (Å²) in [5.74, 6) is 0.489. The van der Waals surface area contributed by atoms with Crippen LogP contribution in [0.2, 0.25) is 0 Å². The van der Waals surface area contributed by atoms with Crippen molar-refractivity contribution in [2.75, 3.05) is 5.32 Å². The molecule has 2 aromatic rings. The van der Waals surface area contributed by atoms with Crippen molar-refractivity contribution in [1.29, 1.82) is 0 Å². The van der Waals surface area contributed by atoms with Gasteiger partial charge in [-0.15, -0.1) is 0 Å². The van der Waals surface area contributed by atoms with Gasteiger partial charge in [0, 0.05) is 13.1 Å². The number of amides is 1. The van der Waals surface area contributed by atoms with Crippen molar-refractivity contribution in [1.82, 2.24) is 9.38 Å². The molecule has 2 rings (SSSR count). The summed E-state index contributed by atoms with van der Waals surface area (Å²) in [5.41, 5.74) is 2.04. The molecule has 1 amide bonds. The lowest BCUT2D eigenvalue weighted by molar-refractivity contribution is -0.114. The number of nitrogens with zero attached hydrogens (tertiary/aromatic N) is 2. The molecule has 0 bridgehead atoms. The third-order valence-electron chi connectivity index (χ3n) is 2.25. The lowest BCUT2D eigenvalue weighted by Gasteiger charge is -1.99. The fourth-order valence-electron chi connectivity index (χ4n) is 1.61. The van der Waals surface area contributed by atoms with Gasteiger partial charge in [-0.25, -0.2) is 4.98 Å². The average Bonchev–Trinajstić information content (AvgIpc) is 2.56. The predicted octanol–water partition coefficient (Wildman–Crippen LogP) is 1.86. The molecule has 0 radical (unpaired) electrons. The fourth-order valence-corrected chi connectivity index (χ4v) is 1.61. The monoisotopic (exact) mass is 203 g/mol. The number of fused-ring (bicyclic) bond motifs is 1. The summed E-state index contributed by atoms with van der Waals surface area (Å²) in [7, 11) is 0. The zero-order valence-corrected chi connectivity index (χ0v) is 8.82. The van der Waals surface area contributed by atoms with Crippen LogP contribution in [0.5, 0.6) is 0 Å². The van der Waals surface area contributed by atoms with Crippen LogP contribution in [0, 0.1) is 0 Å². The normalized spacial score (nSPS) is 10.5. The molecule has 78 valence electrons. The maximum Gasteiger partial charge on any atom is 0.223 e. The summed E-state index contributed by atoms with van der Waals surface area (Å²) < 4.78 is 1.89. The molecular weight excluding hydrogens is 190 g/mol. The molecular formula is C11H13N3O. The van der Waals surface area contributed by atoms with Gasteiger partial charge in [0.25, 0.3) is 0 Å². The van der Waals surface area contributed by atoms with Crippen LogP contribution in [0.25, 0.3) is 5.52 Å². The van der Waals surface area contributed by atoms with E-state index in [0.29, 0.717) is 5.95 Å². The van der Waals surface area contributed by atoms with Crippen LogP contribution in [-0.2, 0) is 11.2 Å². The number of anilines is 1. The zero-order chi connectivity index (χ0) is 10.8. The molecule has 0 saturated carbocycles. The molecule has 0 aliphatic carbocycles. The number of aromatic nitrogens is 2. The lowest BCUT2D eigenvalue weighted by atomic mass is 10.3. The van der Waals surface area contributed by atoms with E-state index in [4.69, 9.17) is 0 Å². The molecule has 0 aliphatic rings. The molecule has 2 aromatic heterocycles. The van der Waals surface area contributed by atoms with Crippen LogP contribution in [0.15, 0.2) is 24.4 Å². The van der Waals surface area contributed by atoms with Crippen LogP contribution in [-0.4, -0.2) is 15.3 Å². The minimum Gasteiger partial charge on any atom is -0.296 e. The molecule has 0 atom stereocenters. The molecule has 2 heterocycles. The third kappa shape index (κ3) is 1.70. The van der Waals surface area contributed by atoms with Crippen LogP contribution < -0.4 is 5.32 Å². The Balaban J connectivity index is 2.59. The summed E-state index contributed by atoms with van der Waals surface area (Å²) in [6, 6.07) is 5.88. The molecule has 0 spiro atoms. The Hall–Kier alpha value is -1.84. The smallest absolute Gasteiger partial charge is 0.223 e. The van der Waals surface area contributed by atoms with E-state index in [9.17, 15) is 4.79 Å². The highest BCUT2D eigenvalue weighted by molar-refractivity contribution is 5.87. The Kier molecular flexibility index (Phi) is 2.41. The van der Waals surface area contributed by atoms with Crippen LogP contribution >= 0.6 is 0 Å². The Labute approximate surface area is 87.9 Å². The number of aryl methyl sites for hydroxylation is 1. The van der Waals surface area contributed by atoms with Crippen LogP contribution in [0.4, 0.5) is 5.95 Å². The van der Waals surface area contributed by atoms with Gasteiger partial charge in [0.2, 0.25) is 11.9 Å². The molecule has 0 aromatic carbocycles. The van der Waals surface area contributed by atoms with Crippen molar-refractivity contribution in [3.63, 3.8) is 0 Å². The van der Waals surface area contributed by atoms with Gasteiger partial charge in [0.05, 0.1) is 11.2 Å². The van der Waals surface area contributed by atoms with Gasteiger partial charge in [-0.05, 0) is 18.6 Å². The first-order valence-electron chi connectivity index (χ1n) is 4.96. The first kappa shape index (κ1) is 9.71. The molecule has 0 fully saturated rings. The summed E-state index contributed by atoms with van der Waals surface area (Å²) in [6.45, 7) is 3.53. The fraction of sp³-hybridized carbons (Fsp3) is 0.273. The highest BCUT2D eigenvalue weighted by atomic mass is 16.1. The molecule has 0 saturated heterocycles. The zero-order valence-electron chi connectivity index (χ0n) is 8.82. The molecule has 4 nitrogen and oxygen atoms in total. The number of carbonyl (C=O) groups is 1. The minimum atomic E-state index is -0.103. The number of carbonyl (C=O) groups excluding carboxylic acids is 1. The summed E-state index contributed by atoms with van der Waals surface area (Å²) in [6.07, 6.45) is 2.75. The van der Waals surface area contributed by atoms with E-state index in [2.05, 4.69) is 10.3 Å². The van der Waals surface area contributed by atoms with Crippen molar-refractivity contribution in [3.8, 4) is 0 Å². The predicted molar refractivity (Wildman–Crippen MR) is 58.9 cm³/mol. The highest BCUT2D eigenvalue weighted by Gasteiger charge is 2.09. The summed E-state index contributed by atoms with van der Waals surface area (Å²) in [5, 5.41) is 2.72. The van der Waals surface area contributed by atoms with E-state index in [1.165, 1.54) is 6.92 Å². The number of imidazole rings is 1. The first-order valence-corrected chi connectivity index (χ1v) is 4.96. The quantitative estimate of drug-likeness (QED) is 0.809. The second-order valence-corrected chi connectivity index (χ2v) is 3.37. The first-order chi connectivity index (χ1) is 7.22. The Morgan fingerprint density at radius 1 is 1.53 bits per heavy atom. The number of hydrogen-bond acceptors (Lipinski definition) is 2. The average molecular weight is 203 g/mol. The van der Waals surface area contributed by atoms with Gasteiger partial charge in [0.1, 0.15) is 0 Å².